The molecule has 0 amide bonds. The number of anilines is 4. The van der Waals surface area contributed by atoms with E-state index in [2.05, 4.69) is 30.9 Å². The van der Waals surface area contributed by atoms with Crippen LogP contribution in [0.15, 0.2) is 48.8 Å². The number of carbonyl (C=O) groups excluding carboxylic acids is 1. The summed E-state index contributed by atoms with van der Waals surface area (Å²) in [4.78, 5) is 24.8. The molecule has 1 aromatic carbocycles. The molecule has 0 aliphatic carbocycles. The maximum Gasteiger partial charge on any atom is 0.421 e. The quantitative estimate of drug-likeness (QED) is 0.304. The normalized spacial score (nSPS) is 14.5. The van der Waals surface area contributed by atoms with Crippen LogP contribution in [0.4, 0.5) is 36.4 Å². The second kappa shape index (κ2) is 12.2. The zero-order chi connectivity index (χ0) is 28.9. The molecule has 1 aliphatic heterocycles. The number of hydrogen-bond acceptors (Lipinski definition) is 9. The van der Waals surface area contributed by atoms with E-state index in [1.807, 2.05) is 0 Å². The fraction of sp³-hybridized carbons (Fsp3) is 0.385. The molecule has 0 radical (unpaired) electrons. The van der Waals surface area contributed by atoms with E-state index in [9.17, 15) is 26.4 Å². The molecule has 40 heavy (non-hydrogen) atoms. The topological polar surface area (TPSA) is 129 Å². The number of piperidine rings is 1. The van der Waals surface area contributed by atoms with Crippen LogP contribution in [0.5, 0.6) is 0 Å². The number of benzene rings is 1. The van der Waals surface area contributed by atoms with Crippen molar-refractivity contribution >= 4 is 39.1 Å². The number of rotatable bonds is 10. The van der Waals surface area contributed by atoms with Gasteiger partial charge in [0.05, 0.1) is 6.26 Å². The molecule has 0 unspecified atom stereocenters. The predicted octanol–water partition coefficient (Wildman–Crippen LogP) is 4.21. The van der Waals surface area contributed by atoms with Crippen molar-refractivity contribution in [1.82, 2.24) is 20.3 Å². The lowest BCUT2D eigenvalue weighted by molar-refractivity contribution is -0.137. The fourth-order valence-electron chi connectivity index (χ4n) is 4.34. The predicted molar refractivity (Wildman–Crippen MR) is 146 cm³/mol. The first kappa shape index (κ1) is 29.2. The number of nitrogens with zero attached hydrogens (tertiary/aromatic N) is 4. The number of aromatic nitrogens is 3. The molecule has 0 bridgehead atoms. The van der Waals surface area contributed by atoms with Crippen LogP contribution in [0.2, 0.25) is 0 Å². The maximum absolute atomic E-state index is 13.7. The molecule has 1 fully saturated rings. The van der Waals surface area contributed by atoms with Gasteiger partial charge in [-0.1, -0.05) is 18.2 Å². The highest BCUT2D eigenvalue weighted by Gasteiger charge is 2.35. The molecule has 0 atom stereocenters. The van der Waals surface area contributed by atoms with Crippen molar-refractivity contribution in [2.24, 2.45) is 5.92 Å². The van der Waals surface area contributed by atoms with Gasteiger partial charge in [0.15, 0.2) is 5.78 Å². The van der Waals surface area contributed by atoms with E-state index in [1.165, 1.54) is 13.2 Å². The number of ketones is 1. The largest absolute Gasteiger partial charge is 0.421 e. The van der Waals surface area contributed by atoms with Crippen LogP contribution >= 0.6 is 0 Å². The van der Waals surface area contributed by atoms with Crippen LogP contribution < -0.4 is 20.3 Å². The van der Waals surface area contributed by atoms with E-state index in [0.29, 0.717) is 35.3 Å². The number of halogens is 3. The molecule has 10 nitrogen and oxygen atoms in total. The van der Waals surface area contributed by atoms with Crippen molar-refractivity contribution in [1.29, 1.82) is 0 Å². The minimum absolute atomic E-state index is 0.00224. The Balaban J connectivity index is 1.54. The van der Waals surface area contributed by atoms with E-state index >= 15 is 0 Å². The molecular formula is C26H30F3N7O3S. The Morgan fingerprint density at radius 1 is 1.15 bits per heavy atom. The summed E-state index contributed by atoms with van der Waals surface area (Å²) >= 11 is 0. The van der Waals surface area contributed by atoms with Gasteiger partial charge in [0, 0.05) is 49.2 Å². The minimum atomic E-state index is -4.75. The lowest BCUT2D eigenvalue weighted by Crippen LogP contribution is -2.28. The summed E-state index contributed by atoms with van der Waals surface area (Å²) in [6, 6.07) is 9.78. The lowest BCUT2D eigenvalue weighted by Gasteiger charge is -2.21. The average molecular weight is 578 g/mol. The lowest BCUT2D eigenvalue weighted by atomic mass is 9.90. The van der Waals surface area contributed by atoms with E-state index < -0.39 is 27.6 Å². The molecule has 3 N–H and O–H groups in total. The number of hydrogen-bond donors (Lipinski definition) is 3. The molecular weight excluding hydrogens is 547 g/mol. The van der Waals surface area contributed by atoms with Crippen LogP contribution in [-0.4, -0.2) is 55.5 Å². The number of sulfonamides is 1. The van der Waals surface area contributed by atoms with E-state index in [4.69, 9.17) is 0 Å². The summed E-state index contributed by atoms with van der Waals surface area (Å²) in [5.74, 6) is -0.227. The molecule has 2 aromatic heterocycles. The van der Waals surface area contributed by atoms with Gasteiger partial charge < -0.3 is 16.0 Å². The minimum Gasteiger partial charge on any atom is -0.365 e. The Hall–Kier alpha value is -3.78. The van der Waals surface area contributed by atoms with E-state index in [-0.39, 0.29) is 24.1 Å². The first-order valence-electron chi connectivity index (χ1n) is 12.6. The van der Waals surface area contributed by atoms with Crippen molar-refractivity contribution in [2.45, 2.75) is 32.0 Å². The van der Waals surface area contributed by atoms with Crippen LogP contribution in [0.3, 0.4) is 0 Å². The van der Waals surface area contributed by atoms with Gasteiger partial charge in [0.2, 0.25) is 16.0 Å². The van der Waals surface area contributed by atoms with Gasteiger partial charge in [-0.15, -0.1) is 0 Å². The van der Waals surface area contributed by atoms with Gasteiger partial charge in [0.1, 0.15) is 17.2 Å². The van der Waals surface area contributed by atoms with Gasteiger partial charge in [0.25, 0.3) is 0 Å². The molecule has 3 heterocycles. The van der Waals surface area contributed by atoms with Gasteiger partial charge >= 0.3 is 6.18 Å². The third-order valence-electron chi connectivity index (χ3n) is 6.58. The van der Waals surface area contributed by atoms with E-state index in [0.717, 1.165) is 36.5 Å². The third-order valence-corrected chi connectivity index (χ3v) is 7.75. The Morgan fingerprint density at radius 2 is 1.90 bits per heavy atom. The first-order chi connectivity index (χ1) is 18.9. The van der Waals surface area contributed by atoms with Crippen LogP contribution in [-0.2, 0) is 22.7 Å². The highest BCUT2D eigenvalue weighted by molar-refractivity contribution is 7.92. The van der Waals surface area contributed by atoms with Crippen molar-refractivity contribution in [3.8, 4) is 0 Å². The average Bonchev–Trinajstić information content (AvgIpc) is 2.91. The number of carbonyl (C=O) groups is 1. The Labute approximate surface area is 230 Å². The zero-order valence-electron chi connectivity index (χ0n) is 22.0. The monoisotopic (exact) mass is 577 g/mol. The third kappa shape index (κ3) is 7.45. The summed E-state index contributed by atoms with van der Waals surface area (Å²) < 4.78 is 66.2. The Bertz CT molecular complexity index is 1460. The highest BCUT2D eigenvalue weighted by Crippen LogP contribution is 2.34. The summed E-state index contributed by atoms with van der Waals surface area (Å²) in [5.41, 5.74) is 0.196. The Morgan fingerprint density at radius 3 is 2.60 bits per heavy atom. The van der Waals surface area contributed by atoms with Crippen molar-refractivity contribution in [3.63, 3.8) is 0 Å². The highest BCUT2D eigenvalue weighted by atomic mass is 32.2. The standard InChI is InChI=1S/C26H30F3N7O3S/c1-36(40(2,38)39)24-19(6-4-10-31-24)15-32-23-21(26(27,28)29)16-33-25(35-23)34-20-7-3-5-18(14-20)22(37)13-17-8-11-30-12-9-17/h3-7,10,14,16-17,30H,8-9,11-13,15H2,1-2H3,(H2,32,33,34,35). The fourth-order valence-corrected chi connectivity index (χ4v) is 4.82. The molecule has 214 valence electrons. The van der Waals surface area contributed by atoms with E-state index in [1.54, 1.807) is 36.4 Å². The SMILES string of the molecule is CN(c1ncccc1CNc1nc(Nc2cccc(C(=O)CC3CCNCC3)c2)ncc1C(F)(F)F)S(C)(=O)=O. The van der Waals surface area contributed by atoms with Crippen LogP contribution in [0.25, 0.3) is 0 Å². The van der Waals surface area contributed by atoms with Gasteiger partial charge in [-0.2, -0.15) is 18.2 Å². The molecule has 0 saturated carbocycles. The van der Waals surface area contributed by atoms with Gasteiger partial charge in [-0.25, -0.2) is 18.4 Å². The molecule has 4 rings (SSSR count). The van der Waals surface area contributed by atoms with Gasteiger partial charge in [-0.3, -0.25) is 9.10 Å². The molecule has 0 spiro atoms. The summed E-state index contributed by atoms with van der Waals surface area (Å²) in [5, 5.41) is 8.80. The second-order valence-corrected chi connectivity index (χ2v) is 11.6. The maximum atomic E-state index is 13.7. The zero-order valence-corrected chi connectivity index (χ0v) is 22.8. The molecule has 14 heteroatoms. The molecule has 1 saturated heterocycles. The number of nitrogens with one attached hydrogen (secondary N) is 3. The first-order valence-corrected chi connectivity index (χ1v) is 14.4. The number of alkyl halides is 3. The summed E-state index contributed by atoms with van der Waals surface area (Å²) in [6.45, 7) is 1.58. The molecule has 3 aromatic rings. The smallest absolute Gasteiger partial charge is 0.365 e. The second-order valence-electron chi connectivity index (χ2n) is 9.55. The number of Topliss-reactive ketones (excluding diaryl/α,β-unsaturated/α-hetero) is 1. The number of pyridine rings is 1. The summed E-state index contributed by atoms with van der Waals surface area (Å²) in [7, 11) is -2.35. The van der Waals surface area contributed by atoms with Crippen LogP contribution in [0.1, 0.15) is 40.7 Å². The van der Waals surface area contributed by atoms with Gasteiger partial charge in [-0.05, 0) is 50.0 Å². The summed E-state index contributed by atoms with van der Waals surface area (Å²) in [6.07, 6.45) is 0.604. The van der Waals surface area contributed by atoms with Crippen molar-refractivity contribution in [2.75, 3.05) is 41.3 Å². The molecule has 1 aliphatic rings. The van der Waals surface area contributed by atoms with Crippen molar-refractivity contribution in [3.05, 3.63) is 65.5 Å². The Kier molecular flexibility index (Phi) is 8.88. The van der Waals surface area contributed by atoms with Crippen molar-refractivity contribution < 1.29 is 26.4 Å². The van der Waals surface area contributed by atoms with Crippen LogP contribution in [0, 0.1) is 5.92 Å².